The zero-order valence-electron chi connectivity index (χ0n) is 8.64. The molecule has 0 aliphatic carbocycles. The summed E-state index contributed by atoms with van der Waals surface area (Å²) < 4.78 is 0. The van der Waals surface area contributed by atoms with E-state index >= 15 is 0 Å². The van der Waals surface area contributed by atoms with E-state index < -0.39 is 6.10 Å². The number of aliphatic hydroxyl groups is 1. The molecular weight excluding hydrogens is 188 g/mol. The predicted octanol–water partition coefficient (Wildman–Crippen LogP) is 2.05. The summed E-state index contributed by atoms with van der Waals surface area (Å²) in [5, 5.41) is 16.5. The Kier molecular flexibility index (Phi) is 2.83. The fourth-order valence-electron chi connectivity index (χ4n) is 1.54. The molecule has 15 heavy (non-hydrogen) atoms. The zero-order chi connectivity index (χ0) is 10.7. The van der Waals surface area contributed by atoms with Gasteiger partial charge in [0.2, 0.25) is 0 Å². The predicted molar refractivity (Wildman–Crippen MR) is 58.5 cm³/mol. The van der Waals surface area contributed by atoms with Crippen molar-refractivity contribution in [2.75, 3.05) is 0 Å². The molecule has 1 heterocycles. The molecule has 0 aliphatic heterocycles. The highest BCUT2D eigenvalue weighted by Crippen LogP contribution is 2.20. The minimum Gasteiger partial charge on any atom is -0.384 e. The molecule has 78 valence electrons. The van der Waals surface area contributed by atoms with E-state index in [1.165, 1.54) is 5.56 Å². The number of hydrogen-bond acceptors (Lipinski definition) is 2. The van der Waals surface area contributed by atoms with Gasteiger partial charge < -0.3 is 5.11 Å². The Bertz CT molecular complexity index is 406. The molecule has 3 heteroatoms. The highest BCUT2D eigenvalue weighted by Gasteiger charge is 2.10. The van der Waals surface area contributed by atoms with Crippen molar-refractivity contribution in [3.63, 3.8) is 0 Å². The van der Waals surface area contributed by atoms with Crippen LogP contribution in [0.2, 0.25) is 0 Å². The summed E-state index contributed by atoms with van der Waals surface area (Å²) in [6.45, 7) is 2.11. The van der Waals surface area contributed by atoms with Crippen LogP contribution >= 0.6 is 0 Å². The third kappa shape index (κ3) is 2.07. The molecule has 0 fully saturated rings. The Hall–Kier alpha value is -1.61. The number of aryl methyl sites for hydroxylation is 1. The van der Waals surface area contributed by atoms with E-state index in [0.29, 0.717) is 0 Å². The summed E-state index contributed by atoms with van der Waals surface area (Å²) in [4.78, 5) is 0. The van der Waals surface area contributed by atoms with Crippen LogP contribution in [-0.4, -0.2) is 15.3 Å². The lowest BCUT2D eigenvalue weighted by molar-refractivity contribution is 0.220. The lowest BCUT2D eigenvalue weighted by Crippen LogP contribution is -1.98. The largest absolute Gasteiger partial charge is 0.384 e. The average molecular weight is 202 g/mol. The molecule has 1 unspecified atom stereocenters. The van der Waals surface area contributed by atoms with Gasteiger partial charge in [-0.25, -0.2) is 0 Å². The van der Waals surface area contributed by atoms with Crippen molar-refractivity contribution in [1.29, 1.82) is 0 Å². The first-order valence-electron chi connectivity index (χ1n) is 5.07. The van der Waals surface area contributed by atoms with E-state index in [1.54, 1.807) is 12.4 Å². The summed E-state index contributed by atoms with van der Waals surface area (Å²) in [6, 6.07) is 7.99. The van der Waals surface area contributed by atoms with E-state index in [9.17, 15) is 5.11 Å². The molecular formula is C12H14N2O. The minimum absolute atomic E-state index is 0.588. The molecule has 0 saturated carbocycles. The quantitative estimate of drug-likeness (QED) is 0.800. The van der Waals surface area contributed by atoms with Crippen LogP contribution in [0.25, 0.3) is 0 Å². The molecule has 3 nitrogen and oxygen atoms in total. The second-order valence-electron chi connectivity index (χ2n) is 3.53. The van der Waals surface area contributed by atoms with E-state index in [1.807, 2.05) is 24.3 Å². The maximum Gasteiger partial charge on any atom is 0.107 e. The van der Waals surface area contributed by atoms with Gasteiger partial charge in [-0.2, -0.15) is 5.10 Å². The first kappa shape index (κ1) is 9.93. The van der Waals surface area contributed by atoms with Crippen LogP contribution < -0.4 is 0 Å². The molecule has 2 aromatic rings. The molecule has 0 aliphatic rings. The molecule has 1 atom stereocenters. The number of nitrogens with zero attached hydrogens (tertiary/aromatic N) is 1. The van der Waals surface area contributed by atoms with Crippen molar-refractivity contribution >= 4 is 0 Å². The van der Waals surface area contributed by atoms with Gasteiger partial charge in [0.05, 0.1) is 6.20 Å². The molecule has 1 aromatic heterocycles. The van der Waals surface area contributed by atoms with Gasteiger partial charge in [0.15, 0.2) is 0 Å². The number of rotatable bonds is 3. The van der Waals surface area contributed by atoms with Gasteiger partial charge >= 0.3 is 0 Å². The normalized spacial score (nSPS) is 12.7. The Balaban J connectivity index is 2.22. The van der Waals surface area contributed by atoms with Crippen molar-refractivity contribution in [3.05, 3.63) is 53.3 Å². The molecule has 2 rings (SSSR count). The second kappa shape index (κ2) is 4.28. The van der Waals surface area contributed by atoms with E-state index in [-0.39, 0.29) is 0 Å². The summed E-state index contributed by atoms with van der Waals surface area (Å²) in [5.41, 5.74) is 2.96. The van der Waals surface area contributed by atoms with Gasteiger partial charge in [-0.1, -0.05) is 31.2 Å². The Morgan fingerprint density at radius 3 is 2.53 bits per heavy atom. The molecule has 0 radical (unpaired) electrons. The van der Waals surface area contributed by atoms with Crippen LogP contribution in [0.4, 0.5) is 0 Å². The summed E-state index contributed by atoms with van der Waals surface area (Å²) in [6.07, 6.45) is 3.77. The molecule has 0 bridgehead atoms. The molecule has 0 saturated heterocycles. The summed E-state index contributed by atoms with van der Waals surface area (Å²) in [5.74, 6) is 0. The van der Waals surface area contributed by atoms with Crippen LogP contribution in [0.15, 0.2) is 36.7 Å². The highest BCUT2D eigenvalue weighted by atomic mass is 16.3. The number of aliphatic hydroxyl groups excluding tert-OH is 1. The maximum atomic E-state index is 9.98. The van der Waals surface area contributed by atoms with E-state index in [0.717, 1.165) is 17.5 Å². The first-order chi connectivity index (χ1) is 7.31. The SMILES string of the molecule is CCc1ccc(C(O)c2cn[nH]c2)cc1. The van der Waals surface area contributed by atoms with Gasteiger partial charge in [0.1, 0.15) is 6.10 Å². The number of hydrogen-bond donors (Lipinski definition) is 2. The third-order valence-electron chi connectivity index (χ3n) is 2.54. The second-order valence-corrected chi connectivity index (χ2v) is 3.53. The Morgan fingerprint density at radius 1 is 1.27 bits per heavy atom. The standard InChI is InChI=1S/C12H14N2O/c1-2-9-3-5-10(6-4-9)12(15)11-7-13-14-8-11/h3-8,12,15H,2H2,1H3,(H,13,14). The zero-order valence-corrected chi connectivity index (χ0v) is 8.64. The van der Waals surface area contributed by atoms with Crippen molar-refractivity contribution in [2.24, 2.45) is 0 Å². The topological polar surface area (TPSA) is 48.9 Å². The molecule has 0 amide bonds. The number of benzene rings is 1. The maximum absolute atomic E-state index is 9.98. The minimum atomic E-state index is -0.588. The monoisotopic (exact) mass is 202 g/mol. The fourth-order valence-corrected chi connectivity index (χ4v) is 1.54. The number of nitrogens with one attached hydrogen (secondary N) is 1. The van der Waals surface area contributed by atoms with Crippen molar-refractivity contribution < 1.29 is 5.11 Å². The third-order valence-corrected chi connectivity index (χ3v) is 2.54. The van der Waals surface area contributed by atoms with Crippen LogP contribution in [-0.2, 0) is 6.42 Å². The van der Waals surface area contributed by atoms with Crippen molar-refractivity contribution in [1.82, 2.24) is 10.2 Å². The lowest BCUT2D eigenvalue weighted by Gasteiger charge is -2.08. The summed E-state index contributed by atoms with van der Waals surface area (Å²) >= 11 is 0. The van der Waals surface area contributed by atoms with Gasteiger partial charge in [-0.3, -0.25) is 5.10 Å². The van der Waals surface area contributed by atoms with Gasteiger partial charge in [-0.05, 0) is 17.5 Å². The smallest absolute Gasteiger partial charge is 0.107 e. The molecule has 0 spiro atoms. The Labute approximate surface area is 88.8 Å². The van der Waals surface area contributed by atoms with Crippen LogP contribution in [0.3, 0.4) is 0 Å². The van der Waals surface area contributed by atoms with Gasteiger partial charge in [0, 0.05) is 11.8 Å². The molecule has 1 aromatic carbocycles. The van der Waals surface area contributed by atoms with Crippen molar-refractivity contribution in [3.8, 4) is 0 Å². The van der Waals surface area contributed by atoms with Crippen LogP contribution in [0.5, 0.6) is 0 Å². The fraction of sp³-hybridized carbons (Fsp3) is 0.250. The summed E-state index contributed by atoms with van der Waals surface area (Å²) in [7, 11) is 0. The number of aromatic amines is 1. The van der Waals surface area contributed by atoms with E-state index in [2.05, 4.69) is 17.1 Å². The lowest BCUT2D eigenvalue weighted by atomic mass is 10.0. The van der Waals surface area contributed by atoms with Crippen molar-refractivity contribution in [2.45, 2.75) is 19.4 Å². The Morgan fingerprint density at radius 2 is 2.00 bits per heavy atom. The van der Waals surface area contributed by atoms with E-state index in [4.69, 9.17) is 0 Å². The van der Waals surface area contributed by atoms with Crippen LogP contribution in [0.1, 0.15) is 29.7 Å². The van der Waals surface area contributed by atoms with Crippen LogP contribution in [0, 0.1) is 0 Å². The van der Waals surface area contributed by atoms with Gasteiger partial charge in [-0.15, -0.1) is 0 Å². The first-order valence-corrected chi connectivity index (χ1v) is 5.07. The number of aromatic nitrogens is 2. The molecule has 2 N–H and O–H groups in total. The number of H-pyrrole nitrogens is 1. The average Bonchev–Trinajstić information content (AvgIpc) is 2.82. The highest BCUT2D eigenvalue weighted by molar-refractivity contribution is 5.29. The van der Waals surface area contributed by atoms with Gasteiger partial charge in [0.25, 0.3) is 0 Å².